The van der Waals surface area contributed by atoms with Crippen LogP contribution < -0.4 is 10.9 Å². The molecule has 0 radical (unpaired) electrons. The minimum atomic E-state index is -0.368. The smallest absolute Gasteiger partial charge is 0.290 e. The number of carbonyl (C=O) groups excluding carboxylic acids is 2. The van der Waals surface area contributed by atoms with Crippen molar-refractivity contribution in [2.45, 2.75) is 65.6 Å². The van der Waals surface area contributed by atoms with Gasteiger partial charge in [0.05, 0.1) is 22.0 Å². The molecule has 0 spiro atoms. The molecule has 0 unspecified atom stereocenters. The van der Waals surface area contributed by atoms with Gasteiger partial charge in [-0.25, -0.2) is 9.67 Å². The van der Waals surface area contributed by atoms with Gasteiger partial charge in [0.1, 0.15) is 29.3 Å². The fraction of sp³-hybridized carbons (Fsp3) is 0.438. The Hall–Kier alpha value is -4.34. The van der Waals surface area contributed by atoms with Crippen LogP contribution >= 0.6 is 11.3 Å². The summed E-state index contributed by atoms with van der Waals surface area (Å²) in [5.74, 6) is 0.178. The van der Waals surface area contributed by atoms with Gasteiger partial charge in [-0.2, -0.15) is 15.4 Å². The van der Waals surface area contributed by atoms with Crippen LogP contribution in [0.15, 0.2) is 59.6 Å². The number of nitrogens with one attached hydrogen (secondary N) is 2. The monoisotopic (exact) mass is 611 g/mol. The van der Waals surface area contributed by atoms with Gasteiger partial charge in [0, 0.05) is 19.6 Å². The molecule has 6 rings (SSSR count). The van der Waals surface area contributed by atoms with E-state index in [0.29, 0.717) is 23.6 Å². The molecular formula is C32H37N9O2S. The predicted octanol–water partition coefficient (Wildman–Crippen LogP) is 4.34. The summed E-state index contributed by atoms with van der Waals surface area (Å²) in [7, 11) is 0. The van der Waals surface area contributed by atoms with Crippen LogP contribution in [0.2, 0.25) is 0 Å². The number of nitrogens with zero attached hydrogens (tertiary/aromatic N) is 7. The molecular weight excluding hydrogens is 574 g/mol. The predicted molar refractivity (Wildman–Crippen MR) is 168 cm³/mol. The molecule has 4 heterocycles. The molecule has 2 N–H and O–H groups in total. The Labute approximate surface area is 259 Å². The quantitative estimate of drug-likeness (QED) is 0.213. The first-order valence-electron chi connectivity index (χ1n) is 15.1. The first-order valence-corrected chi connectivity index (χ1v) is 15.9. The largest absolute Gasteiger partial charge is 0.333 e. The summed E-state index contributed by atoms with van der Waals surface area (Å²) in [5.41, 5.74) is 3.21. The molecule has 1 saturated carbocycles. The van der Waals surface area contributed by atoms with E-state index in [0.717, 1.165) is 53.4 Å². The Balaban J connectivity index is 1.33. The second kappa shape index (κ2) is 12.3. The standard InChI is InChI=1S/C32H37N9O2S/c1-32(2,3)14-23(15-33)30(43)39-12-4-5-24(39)18-40-26-9-8-22(17-34-16-21-6-7-21)13-25(26)37-31(40)38-29(42)27-10-11-28(44-27)41-20-35-19-36-41/h8-11,13-14,19-21,24,34H,4-7,12,16-18H2,1-3H3,(H,37,38,42)/b23-14+/t24-/m1/s1. The number of imidazole rings is 1. The van der Waals surface area contributed by atoms with Crippen LogP contribution in [-0.4, -0.2) is 60.2 Å². The Bertz CT molecular complexity index is 1810. The zero-order valence-corrected chi connectivity index (χ0v) is 26.1. The number of allylic oxidation sites excluding steroid dienone is 1. The summed E-state index contributed by atoms with van der Waals surface area (Å²) in [6.45, 7) is 8.74. The van der Waals surface area contributed by atoms with Crippen LogP contribution in [0, 0.1) is 22.7 Å². The summed E-state index contributed by atoms with van der Waals surface area (Å²) in [6.07, 6.45) is 9.02. The molecule has 12 heteroatoms. The van der Waals surface area contributed by atoms with Gasteiger partial charge in [-0.05, 0) is 73.4 Å². The third-order valence-electron chi connectivity index (χ3n) is 7.93. The lowest BCUT2D eigenvalue weighted by Gasteiger charge is -2.26. The van der Waals surface area contributed by atoms with Gasteiger partial charge < -0.3 is 19.8 Å². The minimum absolute atomic E-state index is 0.146. The molecule has 44 heavy (non-hydrogen) atoms. The number of fused-ring (bicyclic) bond motifs is 1. The van der Waals surface area contributed by atoms with E-state index in [4.69, 9.17) is 0 Å². The fourth-order valence-electron chi connectivity index (χ4n) is 5.62. The summed E-state index contributed by atoms with van der Waals surface area (Å²) < 4.78 is 3.61. The minimum Gasteiger partial charge on any atom is -0.333 e. The molecule has 1 saturated heterocycles. The maximum Gasteiger partial charge on any atom is 0.290 e. The number of thiophene rings is 1. The maximum absolute atomic E-state index is 13.5. The summed E-state index contributed by atoms with van der Waals surface area (Å²) in [4.78, 5) is 41.2. The number of nitriles is 1. The molecule has 1 aliphatic heterocycles. The van der Waals surface area contributed by atoms with Crippen molar-refractivity contribution in [3.8, 4) is 11.1 Å². The van der Waals surface area contributed by atoms with Gasteiger partial charge in [0.25, 0.3) is 11.8 Å². The lowest BCUT2D eigenvalue weighted by Crippen LogP contribution is -2.40. The first kappa shape index (κ1) is 29.7. The number of aromatic nitrogens is 5. The van der Waals surface area contributed by atoms with E-state index >= 15 is 0 Å². The lowest BCUT2D eigenvalue weighted by molar-refractivity contribution is -0.127. The van der Waals surface area contributed by atoms with E-state index in [1.165, 1.54) is 30.5 Å². The SMILES string of the molecule is CC(C)(C)/C=C(\C#N)C(=O)N1CCC[C@@H]1Cn1/c(=N/C(=O)c2ccc(-n3cncn3)s2)[nH]c2cc(CNCC3CC3)ccc21. The molecule has 1 aliphatic carbocycles. The molecule has 4 aromatic rings. The number of amides is 2. The zero-order valence-electron chi connectivity index (χ0n) is 25.3. The van der Waals surface area contributed by atoms with Crippen LogP contribution in [0.3, 0.4) is 0 Å². The zero-order chi connectivity index (χ0) is 30.8. The van der Waals surface area contributed by atoms with Crippen molar-refractivity contribution in [2.75, 3.05) is 13.1 Å². The summed E-state index contributed by atoms with van der Waals surface area (Å²) >= 11 is 1.29. The highest BCUT2D eigenvalue weighted by Crippen LogP contribution is 2.28. The van der Waals surface area contributed by atoms with Crippen molar-refractivity contribution >= 4 is 34.2 Å². The Morgan fingerprint density at radius 1 is 1.23 bits per heavy atom. The van der Waals surface area contributed by atoms with E-state index < -0.39 is 0 Å². The summed E-state index contributed by atoms with van der Waals surface area (Å²) in [5, 5.41) is 18.3. The molecule has 2 aliphatic rings. The van der Waals surface area contributed by atoms with Gasteiger partial charge >= 0.3 is 0 Å². The number of benzene rings is 1. The number of hydrogen-bond donors (Lipinski definition) is 2. The second-order valence-electron chi connectivity index (χ2n) is 12.7. The maximum atomic E-state index is 13.5. The molecule has 0 bridgehead atoms. The van der Waals surface area contributed by atoms with Crippen molar-refractivity contribution in [1.82, 2.24) is 34.5 Å². The highest BCUT2D eigenvalue weighted by atomic mass is 32.1. The molecule has 3 aromatic heterocycles. The number of carbonyl (C=O) groups is 2. The molecule has 2 fully saturated rings. The molecule has 11 nitrogen and oxygen atoms in total. The van der Waals surface area contributed by atoms with E-state index in [1.807, 2.05) is 31.4 Å². The number of H-pyrrole nitrogens is 1. The number of rotatable bonds is 9. The third kappa shape index (κ3) is 6.74. The lowest BCUT2D eigenvalue weighted by atomic mass is 9.93. The van der Waals surface area contributed by atoms with Gasteiger partial charge in [0.2, 0.25) is 5.62 Å². The van der Waals surface area contributed by atoms with Crippen molar-refractivity contribution in [1.29, 1.82) is 5.26 Å². The third-order valence-corrected chi connectivity index (χ3v) is 8.99. The normalized spacial score (nSPS) is 17.9. The van der Waals surface area contributed by atoms with Crippen molar-refractivity contribution < 1.29 is 9.59 Å². The van der Waals surface area contributed by atoms with Gasteiger partial charge in [-0.3, -0.25) is 9.59 Å². The van der Waals surface area contributed by atoms with Crippen LogP contribution in [-0.2, 0) is 17.9 Å². The Kier molecular flexibility index (Phi) is 8.33. The van der Waals surface area contributed by atoms with Crippen molar-refractivity contribution in [2.24, 2.45) is 16.3 Å². The van der Waals surface area contributed by atoms with Gasteiger partial charge in [-0.1, -0.05) is 32.9 Å². The molecule has 228 valence electrons. The Morgan fingerprint density at radius 2 is 2.07 bits per heavy atom. The van der Waals surface area contributed by atoms with Gasteiger partial charge in [0.15, 0.2) is 0 Å². The van der Waals surface area contributed by atoms with Crippen LogP contribution in [0.4, 0.5) is 0 Å². The van der Waals surface area contributed by atoms with Crippen molar-refractivity contribution in [3.63, 3.8) is 0 Å². The van der Waals surface area contributed by atoms with E-state index in [-0.39, 0.29) is 28.8 Å². The number of aromatic amines is 1. The van der Waals surface area contributed by atoms with Crippen LogP contribution in [0.25, 0.3) is 16.0 Å². The van der Waals surface area contributed by atoms with E-state index in [9.17, 15) is 14.9 Å². The number of hydrogen-bond acceptors (Lipinski definition) is 7. The second-order valence-corrected chi connectivity index (χ2v) is 13.8. The Morgan fingerprint density at radius 3 is 2.80 bits per heavy atom. The van der Waals surface area contributed by atoms with Crippen LogP contribution in [0.5, 0.6) is 0 Å². The molecule has 2 amide bonds. The first-order chi connectivity index (χ1) is 21.2. The molecule has 1 aromatic carbocycles. The van der Waals surface area contributed by atoms with E-state index in [2.05, 4.69) is 49.6 Å². The van der Waals surface area contributed by atoms with Crippen molar-refractivity contribution in [3.05, 3.63) is 70.7 Å². The van der Waals surface area contributed by atoms with E-state index in [1.54, 1.807) is 28.1 Å². The highest BCUT2D eigenvalue weighted by Gasteiger charge is 2.32. The molecule has 1 atom stereocenters. The topological polar surface area (TPSA) is 137 Å². The number of likely N-dealkylation sites (tertiary alicyclic amines) is 1. The van der Waals surface area contributed by atoms with Crippen LogP contribution in [0.1, 0.15) is 61.7 Å². The van der Waals surface area contributed by atoms with Gasteiger partial charge in [-0.15, -0.1) is 11.3 Å². The average molecular weight is 612 g/mol. The highest BCUT2D eigenvalue weighted by molar-refractivity contribution is 7.16. The summed E-state index contributed by atoms with van der Waals surface area (Å²) in [6, 6.07) is 11.8. The average Bonchev–Trinajstić information content (AvgIpc) is 3.44. The fourth-order valence-corrected chi connectivity index (χ4v) is 6.44.